The van der Waals surface area contributed by atoms with Crippen LogP contribution in [0.4, 0.5) is 0 Å². The van der Waals surface area contributed by atoms with Crippen LogP contribution in [0, 0.1) is 17.8 Å². The van der Waals surface area contributed by atoms with Gasteiger partial charge < -0.3 is 5.11 Å². The van der Waals surface area contributed by atoms with E-state index in [1.165, 1.54) is 77.0 Å². The Labute approximate surface area is 120 Å². The van der Waals surface area contributed by atoms with Crippen molar-refractivity contribution in [2.24, 2.45) is 17.8 Å². The van der Waals surface area contributed by atoms with Crippen LogP contribution in [0.5, 0.6) is 0 Å². The van der Waals surface area contributed by atoms with Crippen LogP contribution in [0.2, 0.25) is 0 Å². The molecule has 0 saturated heterocycles. The van der Waals surface area contributed by atoms with Crippen LogP contribution >= 0.6 is 0 Å². The minimum absolute atomic E-state index is 0.0235. The molecule has 1 N–H and O–H groups in total. The number of hydrogen-bond donors (Lipinski definition) is 1. The quantitative estimate of drug-likeness (QED) is 0.531. The van der Waals surface area contributed by atoms with E-state index < -0.39 is 0 Å². The largest absolute Gasteiger partial charge is 0.393 e. The zero-order valence-electron chi connectivity index (χ0n) is 12.9. The van der Waals surface area contributed by atoms with Crippen molar-refractivity contribution in [3.8, 4) is 0 Å². The molecule has 4 atom stereocenters. The van der Waals surface area contributed by atoms with E-state index in [1.807, 2.05) is 0 Å². The zero-order valence-corrected chi connectivity index (χ0v) is 12.9. The highest BCUT2D eigenvalue weighted by molar-refractivity contribution is 4.92. The second-order valence-electron chi connectivity index (χ2n) is 7.17. The highest BCUT2D eigenvalue weighted by Crippen LogP contribution is 2.50. The fraction of sp³-hybridized carbons (Fsp3) is 1.00. The van der Waals surface area contributed by atoms with Crippen molar-refractivity contribution in [1.82, 2.24) is 0 Å². The highest BCUT2D eigenvalue weighted by Gasteiger charge is 2.42. The molecule has 1 heteroatoms. The van der Waals surface area contributed by atoms with Crippen LogP contribution in [-0.2, 0) is 0 Å². The average molecular weight is 266 g/mol. The van der Waals surface area contributed by atoms with Crippen LogP contribution in [0.1, 0.15) is 90.4 Å². The maximum Gasteiger partial charge on any atom is 0.0571 e. The van der Waals surface area contributed by atoms with Crippen LogP contribution < -0.4 is 0 Å². The summed E-state index contributed by atoms with van der Waals surface area (Å²) >= 11 is 0. The van der Waals surface area contributed by atoms with Gasteiger partial charge in [-0.25, -0.2) is 0 Å². The highest BCUT2D eigenvalue weighted by atomic mass is 16.3. The van der Waals surface area contributed by atoms with Gasteiger partial charge in [-0.2, -0.15) is 0 Å². The Hall–Kier alpha value is -0.0400. The third kappa shape index (κ3) is 4.77. The predicted molar refractivity (Wildman–Crippen MR) is 82.2 cm³/mol. The van der Waals surface area contributed by atoms with Crippen LogP contribution in [0.25, 0.3) is 0 Å². The second kappa shape index (κ2) is 8.29. The van der Waals surface area contributed by atoms with Gasteiger partial charge in [0, 0.05) is 0 Å². The average Bonchev–Trinajstić information content (AvgIpc) is 3.04. The number of rotatable bonds is 10. The lowest BCUT2D eigenvalue weighted by molar-refractivity contribution is 0.0652. The summed E-state index contributed by atoms with van der Waals surface area (Å²) < 4.78 is 0. The van der Waals surface area contributed by atoms with Crippen molar-refractivity contribution >= 4 is 0 Å². The lowest BCUT2D eigenvalue weighted by Gasteiger charge is -2.26. The van der Waals surface area contributed by atoms with Gasteiger partial charge in [-0.3, -0.25) is 0 Å². The molecule has 2 aliphatic carbocycles. The second-order valence-corrected chi connectivity index (χ2v) is 7.17. The number of fused-ring (bicyclic) bond motifs is 2. The Kier molecular flexibility index (Phi) is 6.70. The third-order valence-electron chi connectivity index (χ3n) is 5.64. The van der Waals surface area contributed by atoms with Gasteiger partial charge in [0.1, 0.15) is 0 Å². The van der Waals surface area contributed by atoms with Gasteiger partial charge in [-0.15, -0.1) is 0 Å². The summed E-state index contributed by atoms with van der Waals surface area (Å²) in [5, 5.41) is 10.3. The van der Waals surface area contributed by atoms with Gasteiger partial charge in [0.05, 0.1) is 6.10 Å². The molecule has 4 unspecified atom stereocenters. The van der Waals surface area contributed by atoms with Crippen molar-refractivity contribution < 1.29 is 5.11 Å². The Bertz CT molecular complexity index is 238. The fourth-order valence-electron chi connectivity index (χ4n) is 4.47. The maximum atomic E-state index is 10.3. The molecular weight excluding hydrogens is 232 g/mol. The Morgan fingerprint density at radius 3 is 2.16 bits per heavy atom. The topological polar surface area (TPSA) is 20.2 Å². The predicted octanol–water partition coefficient (Wildman–Crippen LogP) is 5.31. The number of unbranched alkanes of at least 4 members (excludes halogenated alkanes) is 7. The summed E-state index contributed by atoms with van der Waals surface area (Å²) in [5.41, 5.74) is 0. The zero-order chi connectivity index (χ0) is 13.5. The van der Waals surface area contributed by atoms with Crippen molar-refractivity contribution in [2.75, 3.05) is 0 Å². The molecule has 0 radical (unpaired) electrons. The number of aliphatic hydroxyl groups is 1. The molecule has 2 rings (SSSR count). The summed E-state index contributed by atoms with van der Waals surface area (Å²) in [7, 11) is 0. The smallest absolute Gasteiger partial charge is 0.0571 e. The maximum absolute atomic E-state index is 10.3. The van der Waals surface area contributed by atoms with E-state index in [2.05, 4.69) is 6.92 Å². The summed E-state index contributed by atoms with van der Waals surface area (Å²) in [4.78, 5) is 0. The molecule has 0 spiro atoms. The molecule has 112 valence electrons. The lowest BCUT2D eigenvalue weighted by Crippen LogP contribution is -2.25. The molecule has 2 saturated carbocycles. The lowest BCUT2D eigenvalue weighted by atomic mass is 9.83. The SMILES string of the molecule is CCCCCCCCCCC(O)C1CC2CCC1C2. The third-order valence-corrected chi connectivity index (χ3v) is 5.64. The number of aliphatic hydroxyl groups excluding tert-OH is 1. The van der Waals surface area contributed by atoms with Gasteiger partial charge in [0.25, 0.3) is 0 Å². The Balaban J connectivity index is 1.45. The molecule has 1 nitrogen and oxygen atoms in total. The minimum atomic E-state index is 0.0235. The summed E-state index contributed by atoms with van der Waals surface area (Å²) in [6.07, 6.45) is 17.7. The van der Waals surface area contributed by atoms with Crippen molar-refractivity contribution in [3.63, 3.8) is 0 Å². The standard InChI is InChI=1S/C18H34O/c1-2-3-4-5-6-7-8-9-10-18(19)17-14-15-11-12-16(17)13-15/h15-19H,2-14H2,1H3. The van der Waals surface area contributed by atoms with Crippen molar-refractivity contribution in [2.45, 2.75) is 96.5 Å². The van der Waals surface area contributed by atoms with Gasteiger partial charge >= 0.3 is 0 Å². The molecule has 0 heterocycles. The molecule has 0 aromatic heterocycles. The Morgan fingerprint density at radius 1 is 0.895 bits per heavy atom. The monoisotopic (exact) mass is 266 g/mol. The first-order valence-corrected chi connectivity index (χ1v) is 8.99. The molecule has 19 heavy (non-hydrogen) atoms. The first kappa shape index (κ1) is 15.4. The molecule has 0 amide bonds. The van der Waals surface area contributed by atoms with Gasteiger partial charge in [-0.05, 0) is 43.4 Å². The molecule has 2 fully saturated rings. The van der Waals surface area contributed by atoms with E-state index in [0.29, 0.717) is 5.92 Å². The normalized spacial score (nSPS) is 30.9. The first-order chi connectivity index (χ1) is 9.31. The molecular formula is C18H34O. The summed E-state index contributed by atoms with van der Waals surface area (Å²) in [5.74, 6) is 2.53. The van der Waals surface area contributed by atoms with Gasteiger partial charge in [-0.1, -0.05) is 64.7 Å². The van der Waals surface area contributed by atoms with E-state index in [4.69, 9.17) is 0 Å². The minimum Gasteiger partial charge on any atom is -0.393 e. The molecule has 0 aromatic rings. The van der Waals surface area contributed by atoms with Crippen LogP contribution in [0.15, 0.2) is 0 Å². The molecule has 2 aliphatic rings. The van der Waals surface area contributed by atoms with Crippen molar-refractivity contribution in [3.05, 3.63) is 0 Å². The van der Waals surface area contributed by atoms with Crippen molar-refractivity contribution in [1.29, 1.82) is 0 Å². The molecule has 2 bridgehead atoms. The summed E-state index contributed by atoms with van der Waals surface area (Å²) in [6, 6.07) is 0. The van der Waals surface area contributed by atoms with E-state index >= 15 is 0 Å². The van der Waals surface area contributed by atoms with Gasteiger partial charge in [0.15, 0.2) is 0 Å². The fourth-order valence-corrected chi connectivity index (χ4v) is 4.47. The molecule has 0 aliphatic heterocycles. The van der Waals surface area contributed by atoms with E-state index in [0.717, 1.165) is 18.3 Å². The number of hydrogen-bond acceptors (Lipinski definition) is 1. The van der Waals surface area contributed by atoms with Crippen LogP contribution in [-0.4, -0.2) is 11.2 Å². The van der Waals surface area contributed by atoms with E-state index in [1.54, 1.807) is 0 Å². The van der Waals surface area contributed by atoms with E-state index in [-0.39, 0.29) is 6.10 Å². The molecule has 0 aromatic carbocycles. The van der Waals surface area contributed by atoms with Crippen LogP contribution in [0.3, 0.4) is 0 Å². The van der Waals surface area contributed by atoms with Gasteiger partial charge in [0.2, 0.25) is 0 Å². The van der Waals surface area contributed by atoms with E-state index in [9.17, 15) is 5.11 Å². The Morgan fingerprint density at radius 2 is 1.58 bits per heavy atom. The first-order valence-electron chi connectivity index (χ1n) is 8.99. The summed E-state index contributed by atoms with van der Waals surface area (Å²) in [6.45, 7) is 2.27.